The molecule has 5 nitrogen and oxygen atoms in total. The smallest absolute Gasteiger partial charge is 0.308 e. The van der Waals surface area contributed by atoms with Gasteiger partial charge in [0.15, 0.2) is 0 Å². The lowest BCUT2D eigenvalue weighted by atomic mass is 9.85. The van der Waals surface area contributed by atoms with Crippen LogP contribution in [0.1, 0.15) is 44.0 Å². The fraction of sp³-hybridized carbons (Fsp3) is 0.714. The van der Waals surface area contributed by atoms with Crippen molar-refractivity contribution in [2.24, 2.45) is 5.92 Å². The summed E-state index contributed by atoms with van der Waals surface area (Å²) in [5.74, 6) is -0.00616. The molecular weight excluding hydrogens is 242 g/mol. The Balaban J connectivity index is 1.96. The number of esters is 1. The maximum Gasteiger partial charge on any atom is 0.308 e. The molecule has 2 N–H and O–H groups in total. The first-order valence-electron chi connectivity index (χ1n) is 7.06. The number of aromatic amines is 1. The summed E-state index contributed by atoms with van der Waals surface area (Å²) in [6, 6.07) is 0.332. The van der Waals surface area contributed by atoms with Crippen molar-refractivity contribution in [1.29, 1.82) is 0 Å². The second-order valence-electron chi connectivity index (χ2n) is 5.27. The third-order valence-corrected chi connectivity index (χ3v) is 3.77. The van der Waals surface area contributed by atoms with E-state index in [9.17, 15) is 4.79 Å². The SMILES string of the molecule is CCOC(=O)C1CCCC(Nc2c(C)n[nH]c2C)C1. The fourth-order valence-electron chi connectivity index (χ4n) is 2.76. The van der Waals surface area contributed by atoms with Gasteiger partial charge in [0, 0.05) is 6.04 Å². The Morgan fingerprint density at radius 1 is 1.47 bits per heavy atom. The Labute approximate surface area is 114 Å². The van der Waals surface area contributed by atoms with E-state index in [0.29, 0.717) is 12.6 Å². The first kappa shape index (κ1) is 13.9. The van der Waals surface area contributed by atoms with Gasteiger partial charge in [-0.25, -0.2) is 0 Å². The van der Waals surface area contributed by atoms with Gasteiger partial charge in [-0.15, -0.1) is 0 Å². The summed E-state index contributed by atoms with van der Waals surface area (Å²) in [6.07, 6.45) is 3.96. The summed E-state index contributed by atoms with van der Waals surface area (Å²) < 4.78 is 5.13. The average molecular weight is 265 g/mol. The number of carbonyl (C=O) groups excluding carboxylic acids is 1. The van der Waals surface area contributed by atoms with Gasteiger partial charge in [-0.05, 0) is 40.0 Å². The molecule has 2 unspecified atom stereocenters. The lowest BCUT2D eigenvalue weighted by Gasteiger charge is -2.29. The van der Waals surface area contributed by atoms with E-state index in [0.717, 1.165) is 42.8 Å². The number of rotatable bonds is 4. The minimum atomic E-state index is -0.0466. The monoisotopic (exact) mass is 265 g/mol. The second-order valence-corrected chi connectivity index (χ2v) is 5.27. The standard InChI is InChI=1S/C14H23N3O2/c1-4-19-14(18)11-6-5-7-12(8-11)15-13-9(2)16-17-10(13)3/h11-12,15H,4-8H2,1-3H3,(H,16,17). The van der Waals surface area contributed by atoms with E-state index in [1.807, 2.05) is 20.8 Å². The molecule has 0 spiro atoms. The summed E-state index contributed by atoms with van der Waals surface area (Å²) in [7, 11) is 0. The van der Waals surface area contributed by atoms with Crippen LogP contribution in [0.15, 0.2) is 0 Å². The molecule has 0 aromatic carbocycles. The molecule has 2 rings (SSSR count). The van der Waals surface area contributed by atoms with Crippen LogP contribution in [0, 0.1) is 19.8 Å². The number of ether oxygens (including phenoxy) is 1. The van der Waals surface area contributed by atoms with E-state index in [-0.39, 0.29) is 11.9 Å². The van der Waals surface area contributed by atoms with Gasteiger partial charge in [0.25, 0.3) is 0 Å². The molecule has 1 heterocycles. The summed E-state index contributed by atoms with van der Waals surface area (Å²) in [4.78, 5) is 11.8. The lowest BCUT2D eigenvalue weighted by molar-refractivity contribution is -0.149. The van der Waals surface area contributed by atoms with Gasteiger partial charge in [-0.2, -0.15) is 5.10 Å². The maximum atomic E-state index is 11.8. The highest BCUT2D eigenvalue weighted by atomic mass is 16.5. The van der Waals surface area contributed by atoms with Crippen molar-refractivity contribution in [1.82, 2.24) is 10.2 Å². The minimum Gasteiger partial charge on any atom is -0.466 e. The molecule has 106 valence electrons. The fourth-order valence-corrected chi connectivity index (χ4v) is 2.76. The number of nitrogens with zero attached hydrogens (tertiary/aromatic N) is 1. The Morgan fingerprint density at radius 2 is 2.26 bits per heavy atom. The molecule has 0 amide bonds. The van der Waals surface area contributed by atoms with Crippen molar-refractivity contribution < 1.29 is 9.53 Å². The molecule has 1 aromatic rings. The van der Waals surface area contributed by atoms with Crippen molar-refractivity contribution >= 4 is 11.7 Å². The van der Waals surface area contributed by atoms with Crippen LogP contribution in [0.5, 0.6) is 0 Å². The van der Waals surface area contributed by atoms with E-state index in [2.05, 4.69) is 15.5 Å². The highest BCUT2D eigenvalue weighted by molar-refractivity contribution is 5.72. The highest BCUT2D eigenvalue weighted by Gasteiger charge is 2.28. The Kier molecular flexibility index (Phi) is 4.45. The molecule has 0 radical (unpaired) electrons. The first-order chi connectivity index (χ1) is 9.11. The van der Waals surface area contributed by atoms with Crippen LogP contribution in [-0.4, -0.2) is 28.8 Å². The quantitative estimate of drug-likeness (QED) is 0.821. The average Bonchev–Trinajstić information content (AvgIpc) is 2.71. The van der Waals surface area contributed by atoms with Crippen LogP contribution in [-0.2, 0) is 9.53 Å². The zero-order valence-corrected chi connectivity index (χ0v) is 12.0. The van der Waals surface area contributed by atoms with Crippen molar-refractivity contribution in [3.05, 3.63) is 11.4 Å². The zero-order valence-electron chi connectivity index (χ0n) is 12.0. The number of hydrogen-bond acceptors (Lipinski definition) is 4. The van der Waals surface area contributed by atoms with Crippen LogP contribution in [0.3, 0.4) is 0 Å². The number of carbonyl (C=O) groups is 1. The normalized spacial score (nSPS) is 23.1. The molecule has 2 atom stereocenters. The predicted octanol–water partition coefficient (Wildman–Crippen LogP) is 2.56. The molecule has 19 heavy (non-hydrogen) atoms. The van der Waals surface area contributed by atoms with E-state index >= 15 is 0 Å². The predicted molar refractivity (Wildman–Crippen MR) is 74.1 cm³/mol. The molecule has 5 heteroatoms. The summed E-state index contributed by atoms with van der Waals surface area (Å²) in [6.45, 7) is 6.31. The molecule has 1 aliphatic carbocycles. The zero-order chi connectivity index (χ0) is 13.8. The number of aromatic nitrogens is 2. The number of hydrogen-bond donors (Lipinski definition) is 2. The third-order valence-electron chi connectivity index (χ3n) is 3.77. The molecule has 1 fully saturated rings. The molecule has 1 aromatic heterocycles. The molecular formula is C14H23N3O2. The largest absolute Gasteiger partial charge is 0.466 e. The van der Waals surface area contributed by atoms with Gasteiger partial charge in [-0.1, -0.05) is 6.42 Å². The van der Waals surface area contributed by atoms with E-state index in [1.165, 1.54) is 0 Å². The van der Waals surface area contributed by atoms with Crippen LogP contribution in [0.4, 0.5) is 5.69 Å². The van der Waals surface area contributed by atoms with Gasteiger partial charge in [0.1, 0.15) is 0 Å². The number of aryl methyl sites for hydroxylation is 2. The number of nitrogens with one attached hydrogen (secondary N) is 2. The van der Waals surface area contributed by atoms with Gasteiger partial charge in [0.2, 0.25) is 0 Å². The van der Waals surface area contributed by atoms with Gasteiger partial charge < -0.3 is 10.1 Å². The van der Waals surface area contributed by atoms with Crippen molar-refractivity contribution in [3.63, 3.8) is 0 Å². The summed E-state index contributed by atoms with van der Waals surface area (Å²) in [5, 5.41) is 10.7. The van der Waals surface area contributed by atoms with Crippen LogP contribution in [0.2, 0.25) is 0 Å². The van der Waals surface area contributed by atoms with Crippen LogP contribution >= 0.6 is 0 Å². The van der Waals surface area contributed by atoms with Crippen molar-refractivity contribution in [2.75, 3.05) is 11.9 Å². The Morgan fingerprint density at radius 3 is 2.89 bits per heavy atom. The van der Waals surface area contributed by atoms with Gasteiger partial charge >= 0.3 is 5.97 Å². The van der Waals surface area contributed by atoms with Crippen molar-refractivity contribution in [2.45, 2.75) is 52.5 Å². The third kappa shape index (κ3) is 3.28. The highest BCUT2D eigenvalue weighted by Crippen LogP contribution is 2.29. The van der Waals surface area contributed by atoms with Crippen LogP contribution in [0.25, 0.3) is 0 Å². The molecule has 1 aliphatic rings. The number of anilines is 1. The molecule has 0 aliphatic heterocycles. The Bertz CT molecular complexity index is 422. The van der Waals surface area contributed by atoms with E-state index in [1.54, 1.807) is 0 Å². The molecule has 0 saturated heterocycles. The number of H-pyrrole nitrogens is 1. The summed E-state index contributed by atoms with van der Waals surface area (Å²) in [5.41, 5.74) is 3.11. The topological polar surface area (TPSA) is 67.0 Å². The molecule has 1 saturated carbocycles. The van der Waals surface area contributed by atoms with E-state index in [4.69, 9.17) is 4.74 Å². The first-order valence-corrected chi connectivity index (χ1v) is 7.06. The van der Waals surface area contributed by atoms with Crippen molar-refractivity contribution in [3.8, 4) is 0 Å². The van der Waals surface area contributed by atoms with Gasteiger partial charge in [0.05, 0.1) is 29.6 Å². The van der Waals surface area contributed by atoms with Crippen LogP contribution < -0.4 is 5.32 Å². The Hall–Kier alpha value is -1.52. The lowest BCUT2D eigenvalue weighted by Crippen LogP contribution is -2.32. The summed E-state index contributed by atoms with van der Waals surface area (Å²) >= 11 is 0. The van der Waals surface area contributed by atoms with E-state index < -0.39 is 0 Å². The molecule has 0 bridgehead atoms. The maximum absolute atomic E-state index is 11.8. The minimum absolute atomic E-state index is 0.0405. The second kappa shape index (κ2) is 6.08. The van der Waals surface area contributed by atoms with Gasteiger partial charge in [-0.3, -0.25) is 9.89 Å².